The van der Waals surface area contributed by atoms with E-state index >= 15 is 0 Å². The number of phenolic OH excluding ortho intramolecular Hbond substituents is 1. The molecule has 102 valence electrons. The summed E-state index contributed by atoms with van der Waals surface area (Å²) in [7, 11) is 0. The molecule has 3 nitrogen and oxygen atoms in total. The maximum atomic E-state index is 13.3. The molecule has 0 saturated heterocycles. The molecule has 0 aliphatic carbocycles. The largest absolute Gasteiger partial charge is 0.506 e. The lowest BCUT2D eigenvalue weighted by atomic mass is 10.2. The van der Waals surface area contributed by atoms with Crippen LogP contribution in [0.3, 0.4) is 0 Å². The molecule has 0 aliphatic rings. The molecule has 2 heterocycles. The SMILES string of the molecule is Oc1cc(F)cc2ccc(-c3nc4ccccc4s3)nc12. The van der Waals surface area contributed by atoms with Gasteiger partial charge in [0, 0.05) is 11.5 Å². The van der Waals surface area contributed by atoms with Gasteiger partial charge in [0.05, 0.1) is 15.9 Å². The molecule has 5 heteroatoms. The first-order valence-corrected chi connectivity index (χ1v) is 7.17. The maximum absolute atomic E-state index is 13.3. The second kappa shape index (κ2) is 4.49. The molecule has 2 aromatic heterocycles. The van der Waals surface area contributed by atoms with Crippen molar-refractivity contribution in [3.05, 3.63) is 54.3 Å². The first kappa shape index (κ1) is 12.2. The summed E-state index contributed by atoms with van der Waals surface area (Å²) >= 11 is 1.54. The van der Waals surface area contributed by atoms with Crippen LogP contribution in [0.25, 0.3) is 31.8 Å². The van der Waals surface area contributed by atoms with Gasteiger partial charge >= 0.3 is 0 Å². The number of para-hydroxylation sites is 1. The van der Waals surface area contributed by atoms with Crippen molar-refractivity contribution in [1.82, 2.24) is 9.97 Å². The van der Waals surface area contributed by atoms with Gasteiger partial charge in [0.15, 0.2) is 0 Å². The van der Waals surface area contributed by atoms with Crippen LogP contribution in [0.4, 0.5) is 4.39 Å². The number of hydrogen-bond donors (Lipinski definition) is 1. The predicted octanol–water partition coefficient (Wildman–Crippen LogP) is 4.36. The second-order valence-corrected chi connectivity index (χ2v) is 5.71. The van der Waals surface area contributed by atoms with Gasteiger partial charge in [-0.3, -0.25) is 0 Å². The smallest absolute Gasteiger partial charge is 0.144 e. The van der Waals surface area contributed by atoms with Gasteiger partial charge in [0.2, 0.25) is 0 Å². The Kier molecular flexibility index (Phi) is 2.62. The number of nitrogens with zero attached hydrogens (tertiary/aromatic N) is 2. The van der Waals surface area contributed by atoms with Gasteiger partial charge in [0.25, 0.3) is 0 Å². The summed E-state index contributed by atoms with van der Waals surface area (Å²) in [6, 6.07) is 13.8. The molecule has 0 unspecified atom stereocenters. The Morgan fingerprint density at radius 2 is 1.86 bits per heavy atom. The lowest BCUT2D eigenvalue weighted by molar-refractivity contribution is 0.474. The number of hydrogen-bond acceptors (Lipinski definition) is 4. The third-order valence-electron chi connectivity index (χ3n) is 3.25. The zero-order valence-corrected chi connectivity index (χ0v) is 11.6. The third-order valence-corrected chi connectivity index (χ3v) is 4.31. The zero-order chi connectivity index (χ0) is 14.4. The normalized spacial score (nSPS) is 11.3. The average molecular weight is 296 g/mol. The van der Waals surface area contributed by atoms with E-state index in [4.69, 9.17) is 0 Å². The highest BCUT2D eigenvalue weighted by Gasteiger charge is 2.10. The summed E-state index contributed by atoms with van der Waals surface area (Å²) in [4.78, 5) is 8.95. The Balaban J connectivity index is 1.94. The van der Waals surface area contributed by atoms with Crippen LogP contribution in [0.15, 0.2) is 48.5 Å². The molecular formula is C16H9FN2OS. The quantitative estimate of drug-likeness (QED) is 0.568. The number of aromatic nitrogens is 2. The van der Waals surface area contributed by atoms with Gasteiger partial charge in [0.1, 0.15) is 22.1 Å². The minimum Gasteiger partial charge on any atom is -0.506 e. The standard InChI is InChI=1S/C16H9FN2OS/c17-10-7-9-5-6-12(18-15(9)13(20)8-10)16-19-11-3-1-2-4-14(11)21-16/h1-8,20H. The fourth-order valence-electron chi connectivity index (χ4n) is 2.28. The van der Waals surface area contributed by atoms with Gasteiger partial charge in [-0.1, -0.05) is 18.2 Å². The summed E-state index contributed by atoms with van der Waals surface area (Å²) < 4.78 is 14.3. The highest BCUT2D eigenvalue weighted by Crippen LogP contribution is 2.32. The number of benzene rings is 2. The summed E-state index contributed by atoms with van der Waals surface area (Å²) in [5.74, 6) is -0.637. The molecule has 1 N–H and O–H groups in total. The van der Waals surface area contributed by atoms with Crippen LogP contribution < -0.4 is 0 Å². The van der Waals surface area contributed by atoms with E-state index in [2.05, 4.69) is 9.97 Å². The Morgan fingerprint density at radius 3 is 2.71 bits per heavy atom. The topological polar surface area (TPSA) is 46.0 Å². The summed E-state index contributed by atoms with van der Waals surface area (Å²) in [6.45, 7) is 0. The molecule has 0 bridgehead atoms. The van der Waals surface area contributed by atoms with Crippen molar-refractivity contribution in [3.63, 3.8) is 0 Å². The predicted molar refractivity (Wildman–Crippen MR) is 82.0 cm³/mol. The number of thiazole rings is 1. The number of fused-ring (bicyclic) bond motifs is 2. The van der Waals surface area contributed by atoms with Crippen LogP contribution in [0.1, 0.15) is 0 Å². The van der Waals surface area contributed by atoms with E-state index in [9.17, 15) is 9.50 Å². The van der Waals surface area contributed by atoms with E-state index in [0.29, 0.717) is 16.6 Å². The monoisotopic (exact) mass is 296 g/mol. The first-order chi connectivity index (χ1) is 10.2. The molecule has 0 aliphatic heterocycles. The van der Waals surface area contributed by atoms with Crippen molar-refractivity contribution in [2.45, 2.75) is 0 Å². The molecule has 0 saturated carbocycles. The fourth-order valence-corrected chi connectivity index (χ4v) is 3.22. The highest BCUT2D eigenvalue weighted by molar-refractivity contribution is 7.21. The number of phenols is 1. The minimum absolute atomic E-state index is 0.159. The highest BCUT2D eigenvalue weighted by atomic mass is 32.1. The van der Waals surface area contributed by atoms with E-state index in [1.807, 2.05) is 24.3 Å². The molecule has 2 aromatic carbocycles. The molecule has 0 amide bonds. The lowest BCUT2D eigenvalue weighted by Crippen LogP contribution is -1.86. The van der Waals surface area contributed by atoms with Crippen LogP contribution in [0, 0.1) is 5.82 Å². The van der Waals surface area contributed by atoms with Gasteiger partial charge in [-0.05, 0) is 24.3 Å². The molecule has 21 heavy (non-hydrogen) atoms. The van der Waals surface area contributed by atoms with Crippen molar-refractivity contribution < 1.29 is 9.50 Å². The number of pyridine rings is 1. The fraction of sp³-hybridized carbons (Fsp3) is 0. The van der Waals surface area contributed by atoms with Crippen molar-refractivity contribution in [1.29, 1.82) is 0 Å². The first-order valence-electron chi connectivity index (χ1n) is 6.36. The second-order valence-electron chi connectivity index (χ2n) is 4.68. The van der Waals surface area contributed by atoms with E-state index in [1.165, 1.54) is 17.4 Å². The molecule has 0 radical (unpaired) electrons. The molecule has 0 fully saturated rings. The zero-order valence-electron chi connectivity index (χ0n) is 10.7. The van der Waals surface area contributed by atoms with Crippen molar-refractivity contribution >= 4 is 32.5 Å². The summed E-state index contributed by atoms with van der Waals surface area (Å²) in [5, 5.41) is 11.2. The molecule has 4 rings (SSSR count). The number of halogens is 1. The van der Waals surface area contributed by atoms with E-state index in [1.54, 1.807) is 12.1 Å². The van der Waals surface area contributed by atoms with Gasteiger partial charge in [-0.15, -0.1) is 11.3 Å². The van der Waals surface area contributed by atoms with Gasteiger partial charge in [-0.25, -0.2) is 14.4 Å². The van der Waals surface area contributed by atoms with Crippen LogP contribution in [0.2, 0.25) is 0 Å². The number of aromatic hydroxyl groups is 1. The minimum atomic E-state index is -0.477. The average Bonchev–Trinajstić information content (AvgIpc) is 2.90. The summed E-state index contributed by atoms with van der Waals surface area (Å²) in [5.41, 5.74) is 1.97. The Bertz CT molecular complexity index is 948. The van der Waals surface area contributed by atoms with E-state index in [-0.39, 0.29) is 5.75 Å². The summed E-state index contributed by atoms with van der Waals surface area (Å²) in [6.07, 6.45) is 0. The van der Waals surface area contributed by atoms with E-state index < -0.39 is 5.82 Å². The molecular weight excluding hydrogens is 287 g/mol. The third kappa shape index (κ3) is 2.02. The van der Waals surface area contributed by atoms with E-state index in [0.717, 1.165) is 21.3 Å². The molecule has 0 spiro atoms. The Morgan fingerprint density at radius 1 is 1.00 bits per heavy atom. The molecule has 0 atom stereocenters. The van der Waals surface area contributed by atoms with Crippen molar-refractivity contribution in [3.8, 4) is 16.5 Å². The Hall–Kier alpha value is -2.53. The lowest BCUT2D eigenvalue weighted by Gasteiger charge is -2.02. The van der Waals surface area contributed by atoms with Gasteiger partial charge < -0.3 is 5.11 Å². The van der Waals surface area contributed by atoms with Crippen LogP contribution in [-0.2, 0) is 0 Å². The maximum Gasteiger partial charge on any atom is 0.144 e. The Labute approximate surface area is 123 Å². The van der Waals surface area contributed by atoms with Crippen LogP contribution in [-0.4, -0.2) is 15.1 Å². The molecule has 4 aromatic rings. The number of rotatable bonds is 1. The van der Waals surface area contributed by atoms with Crippen LogP contribution >= 0.6 is 11.3 Å². The van der Waals surface area contributed by atoms with Crippen molar-refractivity contribution in [2.75, 3.05) is 0 Å². The van der Waals surface area contributed by atoms with Crippen LogP contribution in [0.5, 0.6) is 5.75 Å². The van der Waals surface area contributed by atoms with Gasteiger partial charge in [-0.2, -0.15) is 0 Å². The van der Waals surface area contributed by atoms with Crippen molar-refractivity contribution in [2.24, 2.45) is 0 Å².